The Labute approximate surface area is 110 Å². The SMILES string of the molecule is Cn1ccc(=O)n(Cc2ccc(F)cc2Br)c1=O. The fraction of sp³-hybridized carbons (Fsp3) is 0.167. The Kier molecular flexibility index (Phi) is 3.47. The van der Waals surface area contributed by atoms with Crippen LogP contribution in [0.1, 0.15) is 5.56 Å². The van der Waals surface area contributed by atoms with E-state index in [2.05, 4.69) is 15.9 Å². The van der Waals surface area contributed by atoms with Crippen molar-refractivity contribution < 1.29 is 4.39 Å². The first kappa shape index (κ1) is 12.8. The number of hydrogen-bond donors (Lipinski definition) is 0. The monoisotopic (exact) mass is 312 g/mol. The molecule has 1 heterocycles. The molecule has 2 rings (SSSR count). The molecule has 0 saturated heterocycles. The van der Waals surface area contributed by atoms with E-state index in [0.717, 1.165) is 4.57 Å². The zero-order chi connectivity index (χ0) is 13.3. The van der Waals surface area contributed by atoms with Gasteiger partial charge in [-0.25, -0.2) is 9.18 Å². The van der Waals surface area contributed by atoms with Crippen molar-refractivity contribution in [1.82, 2.24) is 9.13 Å². The molecular formula is C12H10BrFN2O2. The summed E-state index contributed by atoms with van der Waals surface area (Å²) < 4.78 is 15.9. The minimum Gasteiger partial charge on any atom is -0.303 e. The molecule has 0 unspecified atom stereocenters. The van der Waals surface area contributed by atoms with E-state index in [1.54, 1.807) is 7.05 Å². The van der Waals surface area contributed by atoms with Gasteiger partial charge in [-0.1, -0.05) is 22.0 Å². The molecule has 1 aromatic carbocycles. The van der Waals surface area contributed by atoms with Gasteiger partial charge in [-0.15, -0.1) is 0 Å². The maximum absolute atomic E-state index is 12.9. The second-order valence-corrected chi connectivity index (χ2v) is 4.72. The average molecular weight is 313 g/mol. The molecule has 0 spiro atoms. The molecule has 0 N–H and O–H groups in total. The van der Waals surface area contributed by atoms with Crippen LogP contribution < -0.4 is 11.2 Å². The number of benzene rings is 1. The number of aryl methyl sites for hydroxylation is 1. The van der Waals surface area contributed by atoms with Gasteiger partial charge in [0.25, 0.3) is 5.56 Å². The van der Waals surface area contributed by atoms with Crippen molar-refractivity contribution in [3.63, 3.8) is 0 Å². The summed E-state index contributed by atoms with van der Waals surface area (Å²) in [6.07, 6.45) is 1.42. The lowest BCUT2D eigenvalue weighted by Crippen LogP contribution is -2.38. The first-order valence-electron chi connectivity index (χ1n) is 5.19. The molecule has 6 heteroatoms. The van der Waals surface area contributed by atoms with E-state index >= 15 is 0 Å². The highest BCUT2D eigenvalue weighted by Crippen LogP contribution is 2.18. The Morgan fingerprint density at radius 2 is 2.00 bits per heavy atom. The normalized spacial score (nSPS) is 10.6. The van der Waals surface area contributed by atoms with Crippen LogP contribution in [-0.4, -0.2) is 9.13 Å². The van der Waals surface area contributed by atoms with Crippen LogP contribution in [0.4, 0.5) is 4.39 Å². The van der Waals surface area contributed by atoms with E-state index in [9.17, 15) is 14.0 Å². The third-order valence-electron chi connectivity index (χ3n) is 2.58. The lowest BCUT2D eigenvalue weighted by molar-refractivity contribution is 0.618. The fourth-order valence-corrected chi connectivity index (χ4v) is 2.06. The highest BCUT2D eigenvalue weighted by molar-refractivity contribution is 9.10. The summed E-state index contributed by atoms with van der Waals surface area (Å²) in [5.41, 5.74) is -0.116. The molecule has 0 saturated carbocycles. The second-order valence-electron chi connectivity index (χ2n) is 3.87. The van der Waals surface area contributed by atoms with Crippen molar-refractivity contribution in [1.29, 1.82) is 0 Å². The van der Waals surface area contributed by atoms with Crippen LogP contribution >= 0.6 is 15.9 Å². The quantitative estimate of drug-likeness (QED) is 0.843. The van der Waals surface area contributed by atoms with Gasteiger partial charge in [-0.3, -0.25) is 9.36 Å². The molecule has 0 fully saturated rings. The van der Waals surface area contributed by atoms with Crippen molar-refractivity contribution >= 4 is 15.9 Å². The van der Waals surface area contributed by atoms with Crippen molar-refractivity contribution in [3.05, 3.63) is 67.2 Å². The first-order chi connectivity index (χ1) is 8.49. The Bertz CT molecular complexity index is 706. The minimum absolute atomic E-state index is 0.104. The number of aromatic nitrogens is 2. The Morgan fingerprint density at radius 3 is 2.67 bits per heavy atom. The molecule has 0 bridgehead atoms. The first-order valence-corrected chi connectivity index (χ1v) is 5.99. The molecule has 0 atom stereocenters. The highest BCUT2D eigenvalue weighted by atomic mass is 79.9. The largest absolute Gasteiger partial charge is 0.331 e. The number of rotatable bonds is 2. The number of hydrogen-bond acceptors (Lipinski definition) is 2. The fourth-order valence-electron chi connectivity index (χ4n) is 1.58. The molecule has 94 valence electrons. The van der Waals surface area contributed by atoms with E-state index in [-0.39, 0.29) is 17.9 Å². The minimum atomic E-state index is -0.404. The van der Waals surface area contributed by atoms with E-state index in [1.165, 1.54) is 35.0 Å². The van der Waals surface area contributed by atoms with Crippen LogP contribution in [0.3, 0.4) is 0 Å². The molecule has 18 heavy (non-hydrogen) atoms. The maximum Gasteiger partial charge on any atom is 0.331 e. The maximum atomic E-state index is 12.9. The zero-order valence-electron chi connectivity index (χ0n) is 9.56. The van der Waals surface area contributed by atoms with Gasteiger partial charge in [-0.05, 0) is 17.7 Å². The van der Waals surface area contributed by atoms with E-state index in [1.807, 2.05) is 0 Å². The molecule has 1 aromatic heterocycles. The summed E-state index contributed by atoms with van der Waals surface area (Å²) in [6, 6.07) is 5.45. The summed E-state index contributed by atoms with van der Waals surface area (Å²) in [5, 5.41) is 0. The Balaban J connectivity index is 2.50. The Morgan fingerprint density at radius 1 is 1.28 bits per heavy atom. The third kappa shape index (κ3) is 2.43. The Hall–Kier alpha value is -1.69. The molecule has 0 amide bonds. The molecule has 2 aromatic rings. The van der Waals surface area contributed by atoms with Crippen molar-refractivity contribution in [3.8, 4) is 0 Å². The average Bonchev–Trinajstić information content (AvgIpc) is 2.32. The summed E-state index contributed by atoms with van der Waals surface area (Å²) in [4.78, 5) is 23.4. The van der Waals surface area contributed by atoms with Gasteiger partial charge in [0.2, 0.25) is 0 Å². The molecule has 0 radical (unpaired) electrons. The predicted octanol–water partition coefficient (Wildman–Crippen LogP) is 1.50. The highest BCUT2D eigenvalue weighted by Gasteiger charge is 2.07. The number of halogens is 2. The molecule has 0 aliphatic heterocycles. The topological polar surface area (TPSA) is 44.0 Å². The third-order valence-corrected chi connectivity index (χ3v) is 3.32. The van der Waals surface area contributed by atoms with Gasteiger partial charge in [-0.2, -0.15) is 0 Å². The van der Waals surface area contributed by atoms with Crippen molar-refractivity contribution in [2.45, 2.75) is 6.54 Å². The molecule has 0 aliphatic carbocycles. The van der Waals surface area contributed by atoms with Crippen LogP contribution in [-0.2, 0) is 13.6 Å². The summed E-state index contributed by atoms with van der Waals surface area (Å²) >= 11 is 3.21. The van der Waals surface area contributed by atoms with Gasteiger partial charge >= 0.3 is 5.69 Å². The van der Waals surface area contributed by atoms with Crippen molar-refractivity contribution in [2.24, 2.45) is 7.05 Å². The predicted molar refractivity (Wildman–Crippen MR) is 69.1 cm³/mol. The van der Waals surface area contributed by atoms with Crippen LogP contribution in [0.5, 0.6) is 0 Å². The van der Waals surface area contributed by atoms with Crippen LogP contribution in [0, 0.1) is 5.82 Å². The summed E-state index contributed by atoms with van der Waals surface area (Å²) in [6.45, 7) is 0.104. The van der Waals surface area contributed by atoms with Gasteiger partial charge in [0, 0.05) is 23.8 Å². The van der Waals surface area contributed by atoms with Gasteiger partial charge < -0.3 is 4.57 Å². The summed E-state index contributed by atoms with van der Waals surface area (Å²) in [7, 11) is 1.57. The van der Waals surface area contributed by atoms with Crippen LogP contribution in [0.15, 0.2) is 44.5 Å². The molecule has 4 nitrogen and oxygen atoms in total. The van der Waals surface area contributed by atoms with E-state index < -0.39 is 5.69 Å². The molecular weight excluding hydrogens is 303 g/mol. The van der Waals surface area contributed by atoms with Crippen LogP contribution in [0.25, 0.3) is 0 Å². The standard InChI is InChI=1S/C12H10BrFN2O2/c1-15-5-4-11(17)16(12(15)18)7-8-2-3-9(14)6-10(8)13/h2-6H,7H2,1H3. The lowest BCUT2D eigenvalue weighted by Gasteiger charge is -2.08. The zero-order valence-corrected chi connectivity index (χ0v) is 11.1. The lowest BCUT2D eigenvalue weighted by atomic mass is 10.2. The van der Waals surface area contributed by atoms with Gasteiger partial charge in [0.05, 0.1) is 6.54 Å². The van der Waals surface area contributed by atoms with Crippen molar-refractivity contribution in [2.75, 3.05) is 0 Å². The number of nitrogens with zero attached hydrogens (tertiary/aromatic N) is 2. The summed E-state index contributed by atoms with van der Waals surface area (Å²) in [5.74, 6) is -0.376. The molecule has 0 aliphatic rings. The van der Waals surface area contributed by atoms with E-state index in [4.69, 9.17) is 0 Å². The second kappa shape index (κ2) is 4.89. The van der Waals surface area contributed by atoms with Gasteiger partial charge in [0.15, 0.2) is 0 Å². The smallest absolute Gasteiger partial charge is 0.303 e. The van der Waals surface area contributed by atoms with E-state index in [0.29, 0.717) is 10.0 Å². The van der Waals surface area contributed by atoms with Crippen LogP contribution in [0.2, 0.25) is 0 Å². The van der Waals surface area contributed by atoms with Gasteiger partial charge in [0.1, 0.15) is 5.82 Å².